The number of methoxy groups -OCH3 is 1. The number of carbonyl (C=O) groups excluding carboxylic acids is 1. The van der Waals surface area contributed by atoms with Crippen LogP contribution in [0.1, 0.15) is 30.9 Å². The summed E-state index contributed by atoms with van der Waals surface area (Å²) < 4.78 is 79.4. The van der Waals surface area contributed by atoms with E-state index in [9.17, 15) is 21.6 Å². The average Bonchev–Trinajstić information content (AvgIpc) is 3.74. The average molecular weight is 651 g/mol. The van der Waals surface area contributed by atoms with Gasteiger partial charge in [-0.25, -0.2) is 31.8 Å². The van der Waals surface area contributed by atoms with Crippen molar-refractivity contribution in [2.45, 2.75) is 36.5 Å². The van der Waals surface area contributed by atoms with E-state index in [4.69, 9.17) is 18.6 Å². The predicted octanol–water partition coefficient (Wildman–Crippen LogP) is 1.99. The van der Waals surface area contributed by atoms with E-state index in [1.165, 1.54) is 40.4 Å². The maximum atomic E-state index is 14.2. The lowest BCUT2D eigenvalue weighted by Crippen LogP contribution is -2.54. The van der Waals surface area contributed by atoms with Crippen molar-refractivity contribution in [3.05, 3.63) is 42.3 Å². The molecule has 0 bridgehead atoms. The van der Waals surface area contributed by atoms with Crippen molar-refractivity contribution in [3.63, 3.8) is 0 Å². The van der Waals surface area contributed by atoms with Gasteiger partial charge in [0, 0.05) is 38.9 Å². The van der Waals surface area contributed by atoms with Crippen LogP contribution in [0.3, 0.4) is 0 Å². The summed E-state index contributed by atoms with van der Waals surface area (Å²) in [5, 5.41) is -0.251. The van der Waals surface area contributed by atoms with Crippen molar-refractivity contribution in [2.75, 3.05) is 57.2 Å². The summed E-state index contributed by atoms with van der Waals surface area (Å²) >= 11 is 0. The molecule has 0 unspecified atom stereocenters. The highest BCUT2D eigenvalue weighted by Gasteiger charge is 2.47. The number of sulfonamides is 2. The standard InChI is InChI=1S/C27H34N6O9S2/c1-30-23(25-28-10-16-41-25)29-24-26(30)44(37,38)33(13-12-31-11-5-17-43(31,35)36)27(34)32(24)18-22(42-19-8-14-40-15-9-19)20-6-3-4-7-21(20)39-2/h3-4,6-7,10,16,19,22H,5,8-9,11-15,17-18H2,1-2H3/t22-/m0/s1. The van der Waals surface area contributed by atoms with Gasteiger partial charge in [0.15, 0.2) is 11.6 Å². The van der Waals surface area contributed by atoms with Crippen molar-refractivity contribution in [2.24, 2.45) is 7.05 Å². The first kappa shape index (κ1) is 30.5. The fourth-order valence-corrected chi connectivity index (χ4v) is 8.95. The summed E-state index contributed by atoms with van der Waals surface area (Å²) in [5.74, 6) is 0.587. The van der Waals surface area contributed by atoms with E-state index in [0.717, 1.165) is 0 Å². The van der Waals surface area contributed by atoms with Crippen LogP contribution in [0.15, 0.2) is 46.2 Å². The molecule has 2 fully saturated rings. The van der Waals surface area contributed by atoms with E-state index in [1.807, 2.05) is 18.2 Å². The number of imidazole rings is 1. The Kier molecular flexibility index (Phi) is 8.40. The van der Waals surface area contributed by atoms with Crippen LogP contribution < -0.4 is 9.64 Å². The quantitative estimate of drug-likeness (QED) is 0.315. The molecule has 3 aliphatic heterocycles. The molecule has 2 aromatic heterocycles. The van der Waals surface area contributed by atoms with Crippen LogP contribution >= 0.6 is 0 Å². The number of nitrogens with zero attached hydrogens (tertiary/aromatic N) is 6. The minimum atomic E-state index is -4.47. The number of amides is 2. The Labute approximate surface area is 255 Å². The zero-order valence-electron chi connectivity index (χ0n) is 24.4. The molecule has 0 N–H and O–H groups in total. The van der Waals surface area contributed by atoms with Gasteiger partial charge in [-0.2, -0.15) is 8.42 Å². The molecule has 1 aromatic carbocycles. The Morgan fingerprint density at radius 3 is 2.57 bits per heavy atom. The number of hydrogen-bond donors (Lipinski definition) is 0. The molecule has 0 saturated carbocycles. The molecule has 15 nitrogen and oxygen atoms in total. The number of urea groups is 1. The second-order valence-electron chi connectivity index (χ2n) is 10.7. The summed E-state index contributed by atoms with van der Waals surface area (Å²) in [5.41, 5.74) is 0.669. The van der Waals surface area contributed by atoms with Crippen molar-refractivity contribution >= 4 is 31.9 Å². The van der Waals surface area contributed by atoms with Crippen molar-refractivity contribution in [3.8, 4) is 17.5 Å². The molecule has 0 radical (unpaired) electrons. The zero-order valence-corrected chi connectivity index (χ0v) is 26.0. The molecule has 238 valence electrons. The maximum absolute atomic E-state index is 14.2. The molecule has 5 heterocycles. The van der Waals surface area contributed by atoms with Crippen LogP contribution in [0, 0.1) is 0 Å². The number of aromatic nitrogens is 3. The zero-order chi connectivity index (χ0) is 31.1. The Hall–Kier alpha value is -3.51. The summed E-state index contributed by atoms with van der Waals surface area (Å²) in [4.78, 5) is 24.1. The molecule has 3 aromatic rings. The number of carbonyl (C=O) groups is 1. The Balaban J connectivity index is 1.42. The first-order chi connectivity index (χ1) is 21.1. The van der Waals surface area contributed by atoms with Gasteiger partial charge in [-0.15, -0.1) is 0 Å². The van der Waals surface area contributed by atoms with Crippen molar-refractivity contribution in [1.82, 2.24) is 23.1 Å². The SMILES string of the molecule is COc1ccccc1[C@H](CN1C(=O)N(CCN2CCCS2(=O)=O)S(=O)(=O)c2c1nc(-c1ncco1)n2C)OC1CCOCC1. The number of anilines is 1. The third-order valence-corrected chi connectivity index (χ3v) is 11.8. The van der Waals surface area contributed by atoms with Gasteiger partial charge in [0.25, 0.3) is 15.9 Å². The number of oxazole rings is 1. The molecule has 1 atom stereocenters. The van der Waals surface area contributed by atoms with Crippen molar-refractivity contribution < 1.29 is 40.3 Å². The lowest BCUT2D eigenvalue weighted by atomic mass is 10.1. The monoisotopic (exact) mass is 650 g/mol. The van der Waals surface area contributed by atoms with Gasteiger partial charge in [0.1, 0.15) is 18.1 Å². The smallest absolute Gasteiger partial charge is 0.339 e. The maximum Gasteiger partial charge on any atom is 0.339 e. The van der Waals surface area contributed by atoms with Gasteiger partial charge >= 0.3 is 6.03 Å². The third kappa shape index (κ3) is 5.58. The van der Waals surface area contributed by atoms with Crippen LogP contribution in [0.2, 0.25) is 0 Å². The molecule has 17 heteroatoms. The molecular weight excluding hydrogens is 616 g/mol. The highest BCUT2D eigenvalue weighted by molar-refractivity contribution is 7.90. The second kappa shape index (κ2) is 12.1. The van der Waals surface area contributed by atoms with Crippen LogP contribution in [0.4, 0.5) is 10.6 Å². The van der Waals surface area contributed by atoms with E-state index in [-0.39, 0.29) is 60.6 Å². The number of fused-ring (bicyclic) bond motifs is 1. The lowest BCUT2D eigenvalue weighted by molar-refractivity contribution is -0.0672. The van der Waals surface area contributed by atoms with E-state index in [2.05, 4.69) is 9.97 Å². The minimum absolute atomic E-state index is 0.0185. The topological polar surface area (TPSA) is 167 Å². The molecular formula is C27H34N6O9S2. The Morgan fingerprint density at radius 2 is 1.89 bits per heavy atom. The Morgan fingerprint density at radius 1 is 1.11 bits per heavy atom. The number of benzene rings is 1. The van der Waals surface area contributed by atoms with Gasteiger partial charge in [-0.3, -0.25) is 4.90 Å². The molecule has 2 amide bonds. The Bertz CT molecular complexity index is 1720. The predicted molar refractivity (Wildman–Crippen MR) is 156 cm³/mol. The third-order valence-electron chi connectivity index (χ3n) is 8.00. The van der Waals surface area contributed by atoms with Crippen LogP contribution in [-0.4, -0.2) is 104 Å². The van der Waals surface area contributed by atoms with E-state index in [0.29, 0.717) is 48.1 Å². The number of ether oxygens (including phenoxy) is 3. The first-order valence-corrected chi connectivity index (χ1v) is 17.3. The van der Waals surface area contributed by atoms with Crippen molar-refractivity contribution in [1.29, 1.82) is 0 Å². The minimum Gasteiger partial charge on any atom is -0.496 e. The highest BCUT2D eigenvalue weighted by Crippen LogP contribution is 2.39. The summed E-state index contributed by atoms with van der Waals surface area (Å²) in [6.45, 7) is 0.655. The van der Waals surface area contributed by atoms with E-state index in [1.54, 1.807) is 6.07 Å². The number of para-hydroxylation sites is 1. The fraction of sp³-hybridized carbons (Fsp3) is 0.519. The summed E-state index contributed by atoms with van der Waals surface area (Å²) in [6.07, 6.45) is 3.56. The highest BCUT2D eigenvalue weighted by atomic mass is 32.2. The molecule has 0 spiro atoms. The summed E-state index contributed by atoms with van der Waals surface area (Å²) in [7, 11) is -4.96. The lowest BCUT2D eigenvalue weighted by Gasteiger charge is -2.37. The second-order valence-corrected chi connectivity index (χ2v) is 14.5. The molecule has 3 aliphatic rings. The molecule has 44 heavy (non-hydrogen) atoms. The fourth-order valence-electron chi connectivity index (χ4n) is 5.77. The number of hydrogen-bond acceptors (Lipinski definition) is 11. The van der Waals surface area contributed by atoms with Gasteiger partial charge in [-0.05, 0) is 25.3 Å². The molecule has 6 rings (SSSR count). The molecule has 2 saturated heterocycles. The van der Waals surface area contributed by atoms with E-state index < -0.39 is 32.2 Å². The largest absolute Gasteiger partial charge is 0.496 e. The van der Waals surface area contributed by atoms with Gasteiger partial charge in [0.2, 0.25) is 15.0 Å². The van der Waals surface area contributed by atoms with Gasteiger partial charge in [-0.1, -0.05) is 18.2 Å². The number of rotatable bonds is 10. The van der Waals surface area contributed by atoms with Crippen LogP contribution in [-0.2, 0) is 36.6 Å². The van der Waals surface area contributed by atoms with Crippen LogP contribution in [0.25, 0.3) is 11.7 Å². The first-order valence-electron chi connectivity index (χ1n) is 14.3. The van der Waals surface area contributed by atoms with Gasteiger partial charge in [0.05, 0.1) is 38.3 Å². The van der Waals surface area contributed by atoms with Gasteiger partial charge < -0.3 is 23.2 Å². The van der Waals surface area contributed by atoms with E-state index >= 15 is 0 Å². The summed E-state index contributed by atoms with van der Waals surface area (Å²) in [6, 6.07) is 6.40. The molecule has 0 aliphatic carbocycles. The normalized spacial score (nSPS) is 21.0. The van der Waals surface area contributed by atoms with Crippen LogP contribution in [0.5, 0.6) is 5.75 Å².